The van der Waals surface area contributed by atoms with Gasteiger partial charge < -0.3 is 9.80 Å². The lowest BCUT2D eigenvalue weighted by molar-refractivity contribution is -0.137. The molecule has 0 spiro atoms. The van der Waals surface area contributed by atoms with Crippen LogP contribution in [-0.4, -0.2) is 55.4 Å². The number of benzene rings is 2. The molecule has 0 aliphatic carbocycles. The highest BCUT2D eigenvalue weighted by molar-refractivity contribution is 6.21. The molecule has 2 aliphatic heterocycles. The number of aliphatic imine (C=N–C) groups is 1. The predicted octanol–water partition coefficient (Wildman–Crippen LogP) is 4.08. The summed E-state index contributed by atoms with van der Waals surface area (Å²) in [6.45, 7) is 4.28. The molecule has 2 aliphatic rings. The van der Waals surface area contributed by atoms with Gasteiger partial charge in [-0.3, -0.25) is 4.99 Å². The van der Waals surface area contributed by atoms with Gasteiger partial charge in [0.2, 0.25) is 0 Å². The minimum Gasteiger partial charge on any atom is -0.320 e. The van der Waals surface area contributed by atoms with Gasteiger partial charge in [0.05, 0.1) is 35.8 Å². The van der Waals surface area contributed by atoms with E-state index in [2.05, 4.69) is 27.0 Å². The molecule has 2 aromatic rings. The van der Waals surface area contributed by atoms with Gasteiger partial charge in [0.15, 0.2) is 5.84 Å². The molecule has 0 atom stereocenters. The van der Waals surface area contributed by atoms with Gasteiger partial charge in [0.25, 0.3) is 0 Å². The first-order chi connectivity index (χ1) is 14.4. The Morgan fingerprint density at radius 2 is 1.83 bits per heavy atom. The second-order valence-electron chi connectivity index (χ2n) is 7.36. The van der Waals surface area contributed by atoms with Gasteiger partial charge in [-0.15, -0.1) is 5.10 Å². The summed E-state index contributed by atoms with van der Waals surface area (Å²) < 4.78 is 40.4. The molecule has 0 fully saturated rings. The molecule has 0 radical (unpaired) electrons. The zero-order chi connectivity index (χ0) is 21.3. The maximum absolute atomic E-state index is 13.5. The molecular formula is C22H22F3N5. The van der Waals surface area contributed by atoms with E-state index >= 15 is 0 Å². The largest absolute Gasteiger partial charge is 0.416 e. The number of rotatable bonds is 4. The highest BCUT2D eigenvalue weighted by Gasteiger charge is 2.34. The van der Waals surface area contributed by atoms with Crippen molar-refractivity contribution in [3.8, 4) is 0 Å². The minimum absolute atomic E-state index is 0.251. The lowest BCUT2D eigenvalue weighted by atomic mass is 9.97. The number of hydrogen-bond donors (Lipinski definition) is 0. The van der Waals surface area contributed by atoms with Crippen molar-refractivity contribution in [2.45, 2.75) is 13.1 Å². The smallest absolute Gasteiger partial charge is 0.320 e. The summed E-state index contributed by atoms with van der Waals surface area (Å²) in [6.07, 6.45) is -4.43. The third kappa shape index (κ3) is 4.00. The van der Waals surface area contributed by atoms with Crippen LogP contribution >= 0.6 is 0 Å². The van der Waals surface area contributed by atoms with Gasteiger partial charge in [0, 0.05) is 17.7 Å². The number of nitrogens with zero attached hydrogens (tertiary/aromatic N) is 5. The Bertz CT molecular complexity index is 1020. The van der Waals surface area contributed by atoms with E-state index in [0.29, 0.717) is 35.9 Å². The molecule has 8 heteroatoms. The molecule has 0 saturated heterocycles. The molecule has 0 aromatic heterocycles. The molecule has 2 aromatic carbocycles. The molecule has 0 unspecified atom stereocenters. The van der Waals surface area contributed by atoms with E-state index in [4.69, 9.17) is 0 Å². The number of hydrogen-bond acceptors (Lipinski definition) is 5. The SMILES string of the molecule is CCN(C)CC1=NN=C2CN=C(c3ccccc3)c3cc(C(F)(F)F)ccc3N2C1. The molecule has 0 N–H and O–H groups in total. The quantitative estimate of drug-likeness (QED) is 0.758. The van der Waals surface area contributed by atoms with Gasteiger partial charge in [0.1, 0.15) is 0 Å². The highest BCUT2D eigenvalue weighted by Crippen LogP contribution is 2.35. The van der Waals surface area contributed by atoms with Crippen LogP contribution in [0.2, 0.25) is 0 Å². The Balaban J connectivity index is 1.82. The molecular weight excluding hydrogens is 391 g/mol. The summed E-state index contributed by atoms with van der Waals surface area (Å²) in [4.78, 5) is 8.68. The van der Waals surface area contributed by atoms with Crippen molar-refractivity contribution in [3.63, 3.8) is 0 Å². The Morgan fingerprint density at radius 3 is 2.53 bits per heavy atom. The van der Waals surface area contributed by atoms with Crippen molar-refractivity contribution in [2.24, 2.45) is 15.2 Å². The fraction of sp³-hybridized carbons (Fsp3) is 0.318. The fourth-order valence-corrected chi connectivity index (χ4v) is 3.55. The average molecular weight is 413 g/mol. The Morgan fingerprint density at radius 1 is 1.07 bits per heavy atom. The zero-order valence-electron chi connectivity index (χ0n) is 16.8. The van der Waals surface area contributed by atoms with Crippen LogP contribution in [0.1, 0.15) is 23.6 Å². The van der Waals surface area contributed by atoms with Crippen LogP contribution in [-0.2, 0) is 6.18 Å². The number of anilines is 1. The van der Waals surface area contributed by atoms with Crippen LogP contribution in [0.4, 0.5) is 18.9 Å². The number of amidine groups is 1. The first kappa shape index (κ1) is 20.3. The van der Waals surface area contributed by atoms with E-state index in [0.717, 1.165) is 23.9 Å². The van der Waals surface area contributed by atoms with Crippen LogP contribution < -0.4 is 4.90 Å². The Kier molecular flexibility index (Phi) is 5.42. The third-order valence-electron chi connectivity index (χ3n) is 5.25. The van der Waals surface area contributed by atoms with Crippen molar-refractivity contribution in [2.75, 3.05) is 38.1 Å². The normalized spacial score (nSPS) is 16.3. The monoisotopic (exact) mass is 413 g/mol. The Labute approximate surface area is 173 Å². The van der Waals surface area contributed by atoms with Crippen LogP contribution in [0.15, 0.2) is 63.7 Å². The van der Waals surface area contributed by atoms with E-state index in [9.17, 15) is 13.2 Å². The molecule has 30 heavy (non-hydrogen) atoms. The second kappa shape index (κ2) is 8.02. The van der Waals surface area contributed by atoms with Crippen molar-refractivity contribution < 1.29 is 13.2 Å². The lowest BCUT2D eigenvalue weighted by Gasteiger charge is -2.29. The van der Waals surface area contributed by atoms with E-state index in [1.807, 2.05) is 42.3 Å². The summed E-state index contributed by atoms with van der Waals surface area (Å²) in [6, 6.07) is 13.1. The number of alkyl halides is 3. The van der Waals surface area contributed by atoms with Crippen LogP contribution in [0.5, 0.6) is 0 Å². The Hall–Kier alpha value is -3.00. The molecule has 5 nitrogen and oxygen atoms in total. The van der Waals surface area contributed by atoms with Crippen LogP contribution in [0.3, 0.4) is 0 Å². The van der Waals surface area contributed by atoms with E-state index < -0.39 is 11.7 Å². The van der Waals surface area contributed by atoms with E-state index in [-0.39, 0.29) is 6.54 Å². The van der Waals surface area contributed by atoms with Crippen molar-refractivity contribution in [1.82, 2.24) is 4.90 Å². The lowest BCUT2D eigenvalue weighted by Crippen LogP contribution is -2.43. The summed E-state index contributed by atoms with van der Waals surface area (Å²) in [7, 11) is 1.99. The zero-order valence-corrected chi connectivity index (χ0v) is 16.8. The van der Waals surface area contributed by atoms with Crippen molar-refractivity contribution >= 4 is 22.9 Å². The number of halogens is 3. The highest BCUT2D eigenvalue weighted by atomic mass is 19.4. The summed E-state index contributed by atoms with van der Waals surface area (Å²) in [5.41, 5.74) is 2.57. The second-order valence-corrected chi connectivity index (χ2v) is 7.36. The van der Waals surface area contributed by atoms with Gasteiger partial charge in [-0.05, 0) is 31.8 Å². The van der Waals surface area contributed by atoms with Gasteiger partial charge in [-0.1, -0.05) is 37.3 Å². The molecule has 0 amide bonds. The van der Waals surface area contributed by atoms with E-state index in [1.54, 1.807) is 0 Å². The topological polar surface area (TPSA) is 43.6 Å². The minimum atomic E-state index is -4.43. The first-order valence-electron chi connectivity index (χ1n) is 9.76. The summed E-state index contributed by atoms with van der Waals surface area (Å²) in [5, 5.41) is 8.70. The third-order valence-corrected chi connectivity index (χ3v) is 5.25. The van der Waals surface area contributed by atoms with Gasteiger partial charge in [-0.25, -0.2) is 0 Å². The number of fused-ring (bicyclic) bond motifs is 3. The summed E-state index contributed by atoms with van der Waals surface area (Å²) >= 11 is 0. The standard InChI is InChI=1S/C22H22F3N5/c1-3-29(2)13-17-14-30-19-10-9-16(22(23,24)25)11-18(19)21(15-7-5-4-6-8-15)26-12-20(30)28-27-17/h4-11H,3,12-14H2,1-2H3. The van der Waals surface area contributed by atoms with Crippen molar-refractivity contribution in [3.05, 3.63) is 65.2 Å². The fourth-order valence-electron chi connectivity index (χ4n) is 3.55. The molecule has 0 saturated carbocycles. The van der Waals surface area contributed by atoms with Crippen molar-refractivity contribution in [1.29, 1.82) is 0 Å². The van der Waals surface area contributed by atoms with Crippen LogP contribution in [0.25, 0.3) is 0 Å². The maximum Gasteiger partial charge on any atom is 0.416 e. The van der Waals surface area contributed by atoms with Gasteiger partial charge >= 0.3 is 6.18 Å². The maximum atomic E-state index is 13.5. The first-order valence-corrected chi connectivity index (χ1v) is 9.76. The molecule has 156 valence electrons. The molecule has 4 rings (SSSR count). The van der Waals surface area contributed by atoms with Gasteiger partial charge in [-0.2, -0.15) is 18.3 Å². The van der Waals surface area contributed by atoms with E-state index in [1.165, 1.54) is 12.1 Å². The molecule has 2 heterocycles. The predicted molar refractivity (Wildman–Crippen MR) is 114 cm³/mol. The van der Waals surface area contributed by atoms with Crippen LogP contribution in [0, 0.1) is 0 Å². The average Bonchev–Trinajstić information content (AvgIpc) is 2.90. The summed E-state index contributed by atoms with van der Waals surface area (Å²) in [5.74, 6) is 0.629. The molecule has 0 bridgehead atoms.